The molecule has 0 unspecified atom stereocenters. The number of methoxy groups -OCH3 is 1. The summed E-state index contributed by atoms with van der Waals surface area (Å²) in [7, 11) is 1.60. The third kappa shape index (κ3) is 6.36. The quantitative estimate of drug-likeness (QED) is 0.168. The van der Waals surface area contributed by atoms with Crippen LogP contribution in [0.4, 0.5) is 5.00 Å². The number of ether oxygens (including phenoxy) is 2. The van der Waals surface area contributed by atoms with Crippen molar-refractivity contribution in [2.24, 2.45) is 0 Å². The molecule has 1 amide bonds. The standard InChI is InChI=1S/C31H29N3O4S2/c1-6-38-31(36)28-19(3)20(4)40-30(28)34-27(35)17-39-29-25(16-32)24(21-11-13-23(37-5)14-12-21)15-26(33-29)22-9-7-18(2)8-10-22/h7-15H,6,17H2,1-5H3,(H,34,35). The largest absolute Gasteiger partial charge is 0.497 e. The maximum absolute atomic E-state index is 13.1. The van der Waals surface area contributed by atoms with Crippen LogP contribution in [0.5, 0.6) is 5.75 Å². The number of carbonyl (C=O) groups is 2. The third-order valence-corrected chi connectivity index (χ3v) is 8.40. The highest BCUT2D eigenvalue weighted by molar-refractivity contribution is 8.00. The van der Waals surface area contributed by atoms with Crippen molar-refractivity contribution in [3.8, 4) is 34.2 Å². The number of hydrogen-bond donors (Lipinski definition) is 1. The second-order valence-electron chi connectivity index (χ2n) is 8.99. The first-order valence-electron chi connectivity index (χ1n) is 12.6. The van der Waals surface area contributed by atoms with Crippen molar-refractivity contribution >= 4 is 40.0 Å². The molecular weight excluding hydrogens is 542 g/mol. The van der Waals surface area contributed by atoms with E-state index in [9.17, 15) is 14.9 Å². The minimum Gasteiger partial charge on any atom is -0.497 e. The van der Waals surface area contributed by atoms with E-state index < -0.39 is 5.97 Å². The molecule has 204 valence electrons. The summed E-state index contributed by atoms with van der Waals surface area (Å²) in [5, 5.41) is 13.9. The number of rotatable bonds is 9. The molecule has 2 aromatic heterocycles. The molecule has 0 spiro atoms. The van der Waals surface area contributed by atoms with E-state index in [1.165, 1.54) is 23.1 Å². The number of thiophene rings is 1. The molecule has 7 nitrogen and oxygen atoms in total. The topological polar surface area (TPSA) is 101 Å². The lowest BCUT2D eigenvalue weighted by Gasteiger charge is -2.13. The van der Waals surface area contributed by atoms with Gasteiger partial charge >= 0.3 is 5.97 Å². The van der Waals surface area contributed by atoms with Gasteiger partial charge in [0.15, 0.2) is 0 Å². The molecule has 40 heavy (non-hydrogen) atoms. The summed E-state index contributed by atoms with van der Waals surface area (Å²) >= 11 is 2.52. The SMILES string of the molecule is CCOC(=O)c1c(NC(=O)CSc2nc(-c3ccc(C)cc3)cc(-c3ccc(OC)cc3)c2C#N)sc(C)c1C. The number of carbonyl (C=O) groups excluding carboxylic acids is 2. The molecule has 0 atom stereocenters. The maximum Gasteiger partial charge on any atom is 0.341 e. The minimum absolute atomic E-state index is 0.000650. The number of thioether (sulfide) groups is 1. The van der Waals surface area contributed by atoms with Gasteiger partial charge in [-0.05, 0) is 57.0 Å². The van der Waals surface area contributed by atoms with Crippen LogP contribution in [-0.4, -0.2) is 36.3 Å². The summed E-state index contributed by atoms with van der Waals surface area (Å²) in [4.78, 5) is 31.3. The lowest BCUT2D eigenvalue weighted by atomic mass is 9.99. The fourth-order valence-electron chi connectivity index (χ4n) is 4.07. The zero-order valence-electron chi connectivity index (χ0n) is 23.0. The summed E-state index contributed by atoms with van der Waals surface area (Å²) in [6.45, 7) is 7.73. The summed E-state index contributed by atoms with van der Waals surface area (Å²) in [5.74, 6) is -0.0632. The average Bonchev–Trinajstić information content (AvgIpc) is 3.23. The van der Waals surface area contributed by atoms with Gasteiger partial charge in [-0.15, -0.1) is 11.3 Å². The second-order valence-corrected chi connectivity index (χ2v) is 11.2. The molecule has 0 saturated heterocycles. The van der Waals surface area contributed by atoms with Crippen LogP contribution in [0.25, 0.3) is 22.4 Å². The number of hydrogen-bond acceptors (Lipinski definition) is 8. The van der Waals surface area contributed by atoms with Crippen molar-refractivity contribution in [3.63, 3.8) is 0 Å². The molecule has 9 heteroatoms. The summed E-state index contributed by atoms with van der Waals surface area (Å²) in [6.07, 6.45) is 0. The van der Waals surface area contributed by atoms with Crippen LogP contribution >= 0.6 is 23.1 Å². The Morgan fingerprint density at radius 1 is 1.05 bits per heavy atom. The first-order valence-corrected chi connectivity index (χ1v) is 14.4. The van der Waals surface area contributed by atoms with Crippen LogP contribution in [-0.2, 0) is 9.53 Å². The number of nitriles is 1. The minimum atomic E-state index is -0.462. The number of amides is 1. The zero-order valence-corrected chi connectivity index (χ0v) is 24.6. The normalized spacial score (nSPS) is 10.6. The van der Waals surface area contributed by atoms with Crippen LogP contribution in [0.15, 0.2) is 59.6 Å². The van der Waals surface area contributed by atoms with Gasteiger partial charge in [-0.25, -0.2) is 9.78 Å². The smallest absolute Gasteiger partial charge is 0.341 e. The molecule has 0 aliphatic carbocycles. The van der Waals surface area contributed by atoms with Gasteiger partial charge in [0, 0.05) is 16.0 Å². The fraction of sp³-hybridized carbons (Fsp3) is 0.226. The third-order valence-electron chi connectivity index (χ3n) is 6.30. The lowest BCUT2D eigenvalue weighted by Crippen LogP contribution is -2.16. The van der Waals surface area contributed by atoms with Gasteiger partial charge in [-0.3, -0.25) is 4.79 Å². The maximum atomic E-state index is 13.1. The molecule has 2 aromatic carbocycles. The molecule has 0 fully saturated rings. The Morgan fingerprint density at radius 2 is 1.73 bits per heavy atom. The van der Waals surface area contributed by atoms with Gasteiger partial charge in [0.05, 0.1) is 36.3 Å². The van der Waals surface area contributed by atoms with Crippen molar-refractivity contribution in [2.45, 2.75) is 32.7 Å². The summed E-state index contributed by atoms with van der Waals surface area (Å²) in [6, 6.07) is 19.7. The van der Waals surface area contributed by atoms with Crippen LogP contribution in [0.2, 0.25) is 0 Å². The number of nitrogens with zero attached hydrogens (tertiary/aromatic N) is 2. The van der Waals surface area contributed by atoms with Gasteiger partial charge in [0.1, 0.15) is 21.8 Å². The van der Waals surface area contributed by atoms with E-state index in [1.54, 1.807) is 14.0 Å². The van der Waals surface area contributed by atoms with Gasteiger partial charge < -0.3 is 14.8 Å². The Morgan fingerprint density at radius 3 is 2.35 bits per heavy atom. The molecule has 0 aliphatic heterocycles. The average molecular weight is 572 g/mol. The van der Waals surface area contributed by atoms with E-state index in [1.807, 2.05) is 75.4 Å². The van der Waals surface area contributed by atoms with E-state index in [0.29, 0.717) is 38.2 Å². The number of anilines is 1. The predicted octanol–water partition coefficient (Wildman–Crippen LogP) is 7.19. The van der Waals surface area contributed by atoms with E-state index in [-0.39, 0.29) is 18.3 Å². The van der Waals surface area contributed by atoms with Crippen LogP contribution < -0.4 is 10.1 Å². The molecule has 1 N–H and O–H groups in total. The molecule has 4 rings (SSSR count). The summed E-state index contributed by atoms with van der Waals surface area (Å²) in [5.41, 5.74) is 5.82. The van der Waals surface area contributed by atoms with Crippen LogP contribution in [0.1, 0.15) is 38.8 Å². The van der Waals surface area contributed by atoms with Crippen LogP contribution in [0.3, 0.4) is 0 Å². The molecule has 0 saturated carbocycles. The van der Waals surface area contributed by atoms with Gasteiger partial charge in [-0.1, -0.05) is 53.7 Å². The van der Waals surface area contributed by atoms with E-state index in [4.69, 9.17) is 14.5 Å². The van der Waals surface area contributed by atoms with Crippen LogP contribution in [0, 0.1) is 32.1 Å². The first kappa shape index (κ1) is 28.9. The molecular formula is C31H29N3O4S2. The second kappa shape index (κ2) is 12.8. The lowest BCUT2D eigenvalue weighted by molar-refractivity contribution is -0.113. The Bertz CT molecular complexity index is 1590. The molecule has 0 aliphatic rings. The van der Waals surface area contributed by atoms with Crippen molar-refractivity contribution in [3.05, 3.63) is 81.7 Å². The van der Waals surface area contributed by atoms with Gasteiger partial charge in [-0.2, -0.15) is 5.26 Å². The van der Waals surface area contributed by atoms with Crippen molar-refractivity contribution < 1.29 is 19.1 Å². The number of benzene rings is 2. The molecule has 0 bridgehead atoms. The number of esters is 1. The highest BCUT2D eigenvalue weighted by atomic mass is 32.2. The molecule has 2 heterocycles. The Kier molecular flexibility index (Phi) is 9.25. The Labute approximate surface area is 242 Å². The molecule has 4 aromatic rings. The fourth-order valence-corrected chi connectivity index (χ4v) is 5.93. The van der Waals surface area contributed by atoms with E-state index in [0.717, 1.165) is 27.1 Å². The van der Waals surface area contributed by atoms with Crippen molar-refractivity contribution in [1.82, 2.24) is 4.98 Å². The Balaban J connectivity index is 1.67. The first-order chi connectivity index (χ1) is 19.2. The number of pyridine rings is 1. The number of nitrogens with one attached hydrogen (secondary N) is 1. The van der Waals surface area contributed by atoms with Crippen molar-refractivity contribution in [1.29, 1.82) is 5.26 Å². The highest BCUT2D eigenvalue weighted by Crippen LogP contribution is 2.36. The Hall–Kier alpha value is -4.13. The predicted molar refractivity (Wildman–Crippen MR) is 160 cm³/mol. The van der Waals surface area contributed by atoms with Crippen molar-refractivity contribution in [2.75, 3.05) is 24.8 Å². The monoisotopic (exact) mass is 571 g/mol. The number of aryl methyl sites for hydroxylation is 2. The molecule has 0 radical (unpaired) electrons. The van der Waals surface area contributed by atoms with E-state index >= 15 is 0 Å². The summed E-state index contributed by atoms with van der Waals surface area (Å²) < 4.78 is 10.5. The van der Waals surface area contributed by atoms with Gasteiger partial charge in [0.2, 0.25) is 5.91 Å². The zero-order chi connectivity index (χ0) is 28.8. The number of aromatic nitrogens is 1. The van der Waals surface area contributed by atoms with Gasteiger partial charge in [0.25, 0.3) is 0 Å². The van der Waals surface area contributed by atoms with E-state index in [2.05, 4.69) is 11.4 Å². The highest BCUT2D eigenvalue weighted by Gasteiger charge is 2.23.